The zero-order chi connectivity index (χ0) is 14.7. The summed E-state index contributed by atoms with van der Waals surface area (Å²) >= 11 is 0. The predicted molar refractivity (Wildman–Crippen MR) is 79.5 cm³/mol. The molecule has 1 aromatic heterocycles. The second-order valence-corrected chi connectivity index (χ2v) is 5.27. The number of aliphatic hydroxyl groups is 1. The molecule has 6 heteroatoms. The van der Waals surface area contributed by atoms with Gasteiger partial charge < -0.3 is 14.8 Å². The summed E-state index contributed by atoms with van der Waals surface area (Å²) in [5.41, 5.74) is 0.497. The van der Waals surface area contributed by atoms with Gasteiger partial charge in [0.2, 0.25) is 0 Å². The Kier molecular flexibility index (Phi) is 4.17. The smallest absolute Gasteiger partial charge is 0.258 e. The van der Waals surface area contributed by atoms with Gasteiger partial charge in [0, 0.05) is 12.6 Å². The number of benzene rings is 1. The number of aromatic nitrogens is 2. The van der Waals surface area contributed by atoms with Crippen LogP contribution in [0, 0.1) is 0 Å². The molecule has 2 heterocycles. The van der Waals surface area contributed by atoms with E-state index in [1.807, 2.05) is 6.07 Å². The van der Waals surface area contributed by atoms with Crippen molar-refractivity contribution in [2.24, 2.45) is 0 Å². The number of fused-ring (bicyclic) bond motifs is 1. The second kappa shape index (κ2) is 6.24. The molecule has 1 aromatic carbocycles. The number of ether oxygens (including phenoxy) is 1. The number of nitrogens with zero attached hydrogens (tertiary/aromatic N) is 2. The van der Waals surface area contributed by atoms with Crippen LogP contribution in [0.4, 0.5) is 0 Å². The van der Waals surface area contributed by atoms with Crippen molar-refractivity contribution < 1.29 is 9.84 Å². The van der Waals surface area contributed by atoms with E-state index in [-0.39, 0.29) is 18.2 Å². The van der Waals surface area contributed by atoms with Crippen molar-refractivity contribution in [3.63, 3.8) is 0 Å². The standard InChI is InChI=1S/C15H19N3O3/c19-9-11-2-1-5-18(11)6-7-21-12-3-4-14-13(8-12)15(20)17-10-16-14/h3-4,8,10-11,19H,1-2,5-7,9H2,(H,16,17,20)/t11-/m0/s1. The fourth-order valence-corrected chi connectivity index (χ4v) is 2.81. The molecule has 1 aliphatic rings. The maximum Gasteiger partial charge on any atom is 0.258 e. The van der Waals surface area contributed by atoms with Crippen LogP contribution in [0.25, 0.3) is 10.9 Å². The molecule has 1 atom stereocenters. The van der Waals surface area contributed by atoms with E-state index in [1.54, 1.807) is 12.1 Å². The first-order valence-corrected chi connectivity index (χ1v) is 7.23. The summed E-state index contributed by atoms with van der Waals surface area (Å²) in [7, 11) is 0. The predicted octanol–water partition coefficient (Wildman–Crippen LogP) is 0.759. The summed E-state index contributed by atoms with van der Waals surface area (Å²) in [5.74, 6) is 0.667. The molecule has 0 saturated carbocycles. The number of hydrogen-bond acceptors (Lipinski definition) is 5. The van der Waals surface area contributed by atoms with E-state index in [9.17, 15) is 9.90 Å². The molecule has 1 saturated heterocycles. The number of rotatable bonds is 5. The molecule has 0 spiro atoms. The van der Waals surface area contributed by atoms with Gasteiger partial charge in [-0.2, -0.15) is 0 Å². The van der Waals surface area contributed by atoms with Crippen LogP contribution in [-0.4, -0.2) is 52.3 Å². The van der Waals surface area contributed by atoms with Crippen LogP contribution in [0.3, 0.4) is 0 Å². The SMILES string of the molecule is O=c1[nH]cnc2ccc(OCCN3CCC[C@H]3CO)cc12. The van der Waals surface area contributed by atoms with Crippen LogP contribution >= 0.6 is 0 Å². The lowest BCUT2D eigenvalue weighted by molar-refractivity contribution is 0.139. The minimum atomic E-state index is -0.162. The largest absolute Gasteiger partial charge is 0.492 e. The van der Waals surface area contributed by atoms with E-state index in [2.05, 4.69) is 14.9 Å². The Morgan fingerprint density at radius 1 is 1.48 bits per heavy atom. The van der Waals surface area contributed by atoms with Gasteiger partial charge in [-0.1, -0.05) is 0 Å². The quantitative estimate of drug-likeness (QED) is 0.849. The third-order valence-corrected chi connectivity index (χ3v) is 3.97. The van der Waals surface area contributed by atoms with Crippen molar-refractivity contribution in [1.82, 2.24) is 14.9 Å². The molecule has 0 radical (unpaired) electrons. The van der Waals surface area contributed by atoms with Gasteiger partial charge in [0.25, 0.3) is 5.56 Å². The van der Waals surface area contributed by atoms with Gasteiger partial charge in [0.1, 0.15) is 12.4 Å². The van der Waals surface area contributed by atoms with Crippen LogP contribution in [0.5, 0.6) is 5.75 Å². The zero-order valence-electron chi connectivity index (χ0n) is 11.8. The molecule has 112 valence electrons. The fourth-order valence-electron chi connectivity index (χ4n) is 2.81. The highest BCUT2D eigenvalue weighted by atomic mass is 16.5. The summed E-state index contributed by atoms with van der Waals surface area (Å²) in [5, 5.41) is 9.81. The number of aromatic amines is 1. The maximum atomic E-state index is 11.7. The molecule has 0 aliphatic carbocycles. The zero-order valence-corrected chi connectivity index (χ0v) is 11.8. The van der Waals surface area contributed by atoms with E-state index < -0.39 is 0 Å². The Morgan fingerprint density at radius 2 is 2.38 bits per heavy atom. The Hall–Kier alpha value is -1.92. The van der Waals surface area contributed by atoms with Gasteiger partial charge in [-0.05, 0) is 37.6 Å². The third kappa shape index (κ3) is 3.06. The van der Waals surface area contributed by atoms with Crippen molar-refractivity contribution in [2.75, 3.05) is 26.3 Å². The van der Waals surface area contributed by atoms with E-state index >= 15 is 0 Å². The fraction of sp³-hybridized carbons (Fsp3) is 0.467. The lowest BCUT2D eigenvalue weighted by Gasteiger charge is -2.22. The minimum Gasteiger partial charge on any atom is -0.492 e. The van der Waals surface area contributed by atoms with Gasteiger partial charge in [0.05, 0.1) is 23.8 Å². The van der Waals surface area contributed by atoms with E-state index in [0.717, 1.165) is 25.9 Å². The van der Waals surface area contributed by atoms with Crippen LogP contribution in [-0.2, 0) is 0 Å². The molecule has 6 nitrogen and oxygen atoms in total. The van der Waals surface area contributed by atoms with Gasteiger partial charge >= 0.3 is 0 Å². The Labute approximate surface area is 122 Å². The Balaban J connectivity index is 1.63. The Bertz CT molecular complexity index is 671. The van der Waals surface area contributed by atoms with Crippen molar-refractivity contribution in [3.05, 3.63) is 34.9 Å². The molecule has 0 unspecified atom stereocenters. The summed E-state index contributed by atoms with van der Waals surface area (Å²) in [6.45, 7) is 2.54. The third-order valence-electron chi connectivity index (χ3n) is 3.97. The first kappa shape index (κ1) is 14.0. The van der Waals surface area contributed by atoms with E-state index in [0.29, 0.717) is 23.3 Å². The van der Waals surface area contributed by atoms with Crippen LogP contribution in [0.2, 0.25) is 0 Å². The van der Waals surface area contributed by atoms with Gasteiger partial charge in [-0.15, -0.1) is 0 Å². The van der Waals surface area contributed by atoms with Gasteiger partial charge in [-0.25, -0.2) is 4.98 Å². The van der Waals surface area contributed by atoms with Crippen molar-refractivity contribution in [3.8, 4) is 5.75 Å². The molecule has 2 aromatic rings. The molecule has 1 fully saturated rings. The number of H-pyrrole nitrogens is 1. The average molecular weight is 289 g/mol. The van der Waals surface area contributed by atoms with E-state index in [4.69, 9.17) is 4.74 Å². The minimum absolute atomic E-state index is 0.162. The van der Waals surface area contributed by atoms with Crippen molar-refractivity contribution in [2.45, 2.75) is 18.9 Å². The molecule has 3 rings (SSSR count). The second-order valence-electron chi connectivity index (χ2n) is 5.27. The lowest BCUT2D eigenvalue weighted by atomic mass is 10.2. The normalized spacial score (nSPS) is 19.2. The van der Waals surface area contributed by atoms with Gasteiger partial charge in [-0.3, -0.25) is 9.69 Å². The first-order chi connectivity index (χ1) is 10.3. The molecule has 21 heavy (non-hydrogen) atoms. The molecular formula is C15H19N3O3. The molecule has 1 aliphatic heterocycles. The highest BCUT2D eigenvalue weighted by Gasteiger charge is 2.23. The number of aliphatic hydroxyl groups excluding tert-OH is 1. The van der Waals surface area contributed by atoms with Crippen LogP contribution in [0.15, 0.2) is 29.3 Å². The maximum absolute atomic E-state index is 11.7. The molecule has 0 bridgehead atoms. The molecule has 0 amide bonds. The first-order valence-electron chi connectivity index (χ1n) is 7.23. The number of likely N-dealkylation sites (tertiary alicyclic amines) is 1. The van der Waals surface area contributed by atoms with Gasteiger partial charge in [0.15, 0.2) is 0 Å². The monoisotopic (exact) mass is 289 g/mol. The van der Waals surface area contributed by atoms with Crippen LogP contribution in [0.1, 0.15) is 12.8 Å². The topological polar surface area (TPSA) is 78.5 Å². The highest BCUT2D eigenvalue weighted by molar-refractivity contribution is 5.78. The molecular weight excluding hydrogens is 270 g/mol. The summed E-state index contributed by atoms with van der Waals surface area (Å²) in [6, 6.07) is 5.58. The Morgan fingerprint density at radius 3 is 3.24 bits per heavy atom. The van der Waals surface area contributed by atoms with E-state index in [1.165, 1.54) is 6.33 Å². The number of hydrogen-bond donors (Lipinski definition) is 2. The highest BCUT2D eigenvalue weighted by Crippen LogP contribution is 2.18. The lowest BCUT2D eigenvalue weighted by Crippen LogP contribution is -2.35. The summed E-state index contributed by atoms with van der Waals surface area (Å²) in [6.07, 6.45) is 3.57. The molecule has 2 N–H and O–H groups in total. The number of nitrogens with one attached hydrogen (secondary N) is 1. The van der Waals surface area contributed by atoms with Crippen molar-refractivity contribution >= 4 is 10.9 Å². The van der Waals surface area contributed by atoms with Crippen molar-refractivity contribution in [1.29, 1.82) is 0 Å². The summed E-state index contributed by atoms with van der Waals surface area (Å²) in [4.78, 5) is 20.6. The average Bonchev–Trinajstić information content (AvgIpc) is 2.95. The van der Waals surface area contributed by atoms with Crippen LogP contribution < -0.4 is 10.3 Å². The summed E-state index contributed by atoms with van der Waals surface area (Å²) < 4.78 is 5.72.